The molecule has 0 aromatic heterocycles. The van der Waals surface area contributed by atoms with Crippen molar-refractivity contribution in [3.8, 4) is 0 Å². The fraction of sp³-hybridized carbons (Fsp3) is 1.00. The van der Waals surface area contributed by atoms with E-state index in [1.165, 1.54) is 83.5 Å². The third-order valence-corrected chi connectivity index (χ3v) is 15.4. The van der Waals surface area contributed by atoms with E-state index in [1.807, 2.05) is 0 Å². The normalized spacial score (nSPS) is 21.9. The molecule has 0 bridgehead atoms. The minimum Gasteiger partial charge on any atom is -0.0648 e. The van der Waals surface area contributed by atoms with Gasteiger partial charge in [-0.15, -0.1) is 0 Å². The average molecular weight is 671 g/mol. The number of hydrogen-bond acceptors (Lipinski definition) is 0. The van der Waals surface area contributed by atoms with Gasteiger partial charge >= 0.3 is 0 Å². The molecular weight excluding hydrogens is 577 g/mol. The van der Waals surface area contributed by atoms with Crippen molar-refractivity contribution in [2.75, 3.05) is 0 Å². The first-order chi connectivity index (χ1) is 21.0. The summed E-state index contributed by atoms with van der Waals surface area (Å²) in [5.41, 5.74) is 3.85. The third-order valence-electron chi connectivity index (χ3n) is 15.4. The Kier molecular flexibility index (Phi) is 12.7. The highest BCUT2D eigenvalue weighted by Crippen LogP contribution is 2.70. The smallest absolute Gasteiger partial charge is 0.0194 e. The minimum atomic E-state index is 0.315. The fourth-order valence-electron chi connectivity index (χ4n) is 15.0. The zero-order valence-corrected chi connectivity index (χ0v) is 37.8. The Balaban J connectivity index is 2.48. The molecule has 2 fully saturated rings. The van der Waals surface area contributed by atoms with Gasteiger partial charge in [-0.25, -0.2) is 0 Å². The minimum absolute atomic E-state index is 0.315. The van der Waals surface area contributed by atoms with Gasteiger partial charge in [-0.3, -0.25) is 0 Å². The van der Waals surface area contributed by atoms with Gasteiger partial charge < -0.3 is 0 Å². The van der Waals surface area contributed by atoms with Gasteiger partial charge in [-0.1, -0.05) is 159 Å². The molecule has 0 amide bonds. The van der Waals surface area contributed by atoms with Gasteiger partial charge in [0.05, 0.1) is 0 Å². The van der Waals surface area contributed by atoms with Crippen LogP contribution in [0, 0.1) is 71.4 Å². The summed E-state index contributed by atoms with van der Waals surface area (Å²) in [5, 5.41) is 0. The molecule has 2 saturated carbocycles. The molecule has 0 aromatic carbocycles. The Morgan fingerprint density at radius 3 is 0.688 bits per heavy atom. The lowest BCUT2D eigenvalue weighted by atomic mass is 9.40. The fourth-order valence-corrected chi connectivity index (χ4v) is 15.0. The van der Waals surface area contributed by atoms with E-state index in [2.05, 4.69) is 152 Å². The van der Waals surface area contributed by atoms with Crippen LogP contribution in [0.2, 0.25) is 0 Å². The molecule has 0 nitrogen and oxygen atoms in total. The van der Waals surface area contributed by atoms with E-state index in [-0.39, 0.29) is 0 Å². The summed E-state index contributed by atoms with van der Waals surface area (Å²) in [5.74, 6) is 1.71. The SMILES string of the molecule is CCC(C)(C1CCC(C(C)(C)CC(C)(C)C)(C(C)(C)CC(C)(C)C)CC1)C1CCC(C(C)(C)CC(C)(C)C)(C(C)(C)CC(C)(C)C)CC1. The van der Waals surface area contributed by atoms with Crippen molar-refractivity contribution >= 4 is 0 Å². The van der Waals surface area contributed by atoms with Crippen LogP contribution >= 0.6 is 0 Å². The summed E-state index contributed by atoms with van der Waals surface area (Å²) in [6.07, 6.45) is 17.9. The predicted molar refractivity (Wildman–Crippen MR) is 219 cm³/mol. The van der Waals surface area contributed by atoms with Crippen molar-refractivity contribution in [2.45, 2.75) is 236 Å². The standard InChI is InChI=1S/C48H94/c1-23-46(22,36-24-28-47(29-25-36,42(14,15)32-38(2,3)4)43(16,17)33-39(5,6)7)37-26-30-48(31-27-37,44(18,19)34-40(8,9)10)45(20,21)35-41(11,12)13/h36-37H,23-35H2,1-22H3. The number of rotatable bonds is 11. The van der Waals surface area contributed by atoms with E-state index < -0.39 is 0 Å². The molecule has 286 valence electrons. The van der Waals surface area contributed by atoms with Gasteiger partial charge in [0.1, 0.15) is 0 Å². The van der Waals surface area contributed by atoms with Crippen LogP contribution in [-0.2, 0) is 0 Å². The summed E-state index contributed by atoms with van der Waals surface area (Å²) in [6, 6.07) is 0. The Morgan fingerprint density at radius 1 is 0.354 bits per heavy atom. The average Bonchev–Trinajstić information content (AvgIpc) is 2.82. The molecule has 0 heterocycles. The van der Waals surface area contributed by atoms with Crippen molar-refractivity contribution in [3.63, 3.8) is 0 Å². The van der Waals surface area contributed by atoms with Crippen LogP contribution < -0.4 is 0 Å². The quantitative estimate of drug-likeness (QED) is 0.205. The first-order valence-corrected chi connectivity index (χ1v) is 21.0. The van der Waals surface area contributed by atoms with Crippen LogP contribution in [0.5, 0.6) is 0 Å². The van der Waals surface area contributed by atoms with Crippen molar-refractivity contribution in [2.24, 2.45) is 71.4 Å². The highest BCUT2D eigenvalue weighted by atomic mass is 14.7. The Bertz CT molecular complexity index is 874. The van der Waals surface area contributed by atoms with Gasteiger partial charge in [0.2, 0.25) is 0 Å². The predicted octanol–water partition coefficient (Wildman–Crippen LogP) is 16.6. The topological polar surface area (TPSA) is 0 Å². The van der Waals surface area contributed by atoms with Gasteiger partial charge in [-0.05, 0) is 148 Å². The van der Waals surface area contributed by atoms with Gasteiger partial charge in [-0.2, -0.15) is 0 Å². The van der Waals surface area contributed by atoms with Crippen molar-refractivity contribution in [1.82, 2.24) is 0 Å². The Morgan fingerprint density at radius 2 is 0.542 bits per heavy atom. The first-order valence-electron chi connectivity index (χ1n) is 21.0. The van der Waals surface area contributed by atoms with Gasteiger partial charge in [0.25, 0.3) is 0 Å². The van der Waals surface area contributed by atoms with Crippen LogP contribution in [0.15, 0.2) is 0 Å². The second kappa shape index (κ2) is 13.8. The molecule has 0 saturated heterocycles. The molecule has 0 aromatic rings. The second-order valence-electron chi connectivity index (χ2n) is 26.1. The molecule has 0 N–H and O–H groups in total. The Hall–Kier alpha value is 0. The van der Waals surface area contributed by atoms with E-state index in [0.29, 0.717) is 59.6 Å². The Labute approximate surface area is 306 Å². The molecule has 0 radical (unpaired) electrons. The van der Waals surface area contributed by atoms with Crippen LogP contribution in [0.1, 0.15) is 236 Å². The van der Waals surface area contributed by atoms with Crippen LogP contribution in [0.25, 0.3) is 0 Å². The summed E-state index contributed by atoms with van der Waals surface area (Å²) in [7, 11) is 0. The van der Waals surface area contributed by atoms with Crippen molar-refractivity contribution < 1.29 is 0 Å². The molecule has 0 spiro atoms. The molecule has 2 aliphatic rings. The van der Waals surface area contributed by atoms with E-state index >= 15 is 0 Å². The molecule has 48 heavy (non-hydrogen) atoms. The van der Waals surface area contributed by atoms with Gasteiger partial charge in [0.15, 0.2) is 0 Å². The molecule has 0 heteroatoms. The van der Waals surface area contributed by atoms with Gasteiger partial charge in [0, 0.05) is 0 Å². The lowest BCUT2D eigenvalue weighted by molar-refractivity contribution is -0.149. The van der Waals surface area contributed by atoms with E-state index in [4.69, 9.17) is 0 Å². The highest BCUT2D eigenvalue weighted by molar-refractivity contribution is 5.10. The molecule has 0 atom stereocenters. The summed E-state index contributed by atoms with van der Waals surface area (Å²) < 4.78 is 0. The number of hydrogen-bond donors (Lipinski definition) is 0. The molecular formula is C48H94. The lowest BCUT2D eigenvalue weighted by Crippen LogP contribution is -2.55. The van der Waals surface area contributed by atoms with E-state index in [9.17, 15) is 0 Å². The maximum absolute atomic E-state index is 2.77. The first kappa shape index (κ1) is 44.2. The second-order valence-corrected chi connectivity index (χ2v) is 26.1. The zero-order valence-electron chi connectivity index (χ0n) is 37.8. The van der Waals surface area contributed by atoms with Crippen LogP contribution in [0.4, 0.5) is 0 Å². The monoisotopic (exact) mass is 671 g/mol. The summed E-state index contributed by atoms with van der Waals surface area (Å²) >= 11 is 0. The largest absolute Gasteiger partial charge is 0.0648 e. The molecule has 2 aliphatic carbocycles. The molecule has 2 rings (SSSR count). The van der Waals surface area contributed by atoms with Crippen molar-refractivity contribution in [1.29, 1.82) is 0 Å². The zero-order chi connectivity index (χ0) is 37.8. The maximum Gasteiger partial charge on any atom is -0.0194 e. The van der Waals surface area contributed by atoms with Crippen molar-refractivity contribution in [3.05, 3.63) is 0 Å². The third kappa shape index (κ3) is 9.50. The summed E-state index contributed by atoms with van der Waals surface area (Å²) in [6.45, 7) is 56.4. The van der Waals surface area contributed by atoms with Crippen LogP contribution in [-0.4, -0.2) is 0 Å². The highest BCUT2D eigenvalue weighted by Gasteiger charge is 2.60. The van der Waals surface area contributed by atoms with E-state index in [1.54, 1.807) is 0 Å². The lowest BCUT2D eigenvalue weighted by Gasteiger charge is -2.64. The summed E-state index contributed by atoms with van der Waals surface area (Å²) in [4.78, 5) is 0. The maximum atomic E-state index is 2.77. The van der Waals surface area contributed by atoms with Crippen LogP contribution in [0.3, 0.4) is 0 Å². The molecule has 0 unspecified atom stereocenters. The van der Waals surface area contributed by atoms with E-state index in [0.717, 1.165) is 11.8 Å². The molecule has 0 aliphatic heterocycles.